The predicted octanol–water partition coefficient (Wildman–Crippen LogP) is 10.4. The highest BCUT2D eigenvalue weighted by atomic mass is 32.2. The van der Waals surface area contributed by atoms with Crippen LogP contribution < -0.4 is 9.47 Å². The molecule has 1 aliphatic carbocycles. The van der Waals surface area contributed by atoms with Crippen LogP contribution in [0.2, 0.25) is 0 Å². The van der Waals surface area contributed by atoms with Gasteiger partial charge >= 0.3 is 5.89 Å². The van der Waals surface area contributed by atoms with Gasteiger partial charge in [0.25, 0.3) is 15.6 Å². The third-order valence-electron chi connectivity index (χ3n) is 10.2. The van der Waals surface area contributed by atoms with Crippen LogP contribution in [0.5, 0.6) is 0 Å². The van der Waals surface area contributed by atoms with E-state index in [1.807, 2.05) is 12.1 Å². The Bertz CT molecular complexity index is 2800. The van der Waals surface area contributed by atoms with E-state index in [1.165, 1.54) is 5.39 Å². The number of nitrogens with zero attached hydrogens (tertiary/aromatic N) is 3. The summed E-state index contributed by atoms with van der Waals surface area (Å²) >= 11 is 1.54. The summed E-state index contributed by atoms with van der Waals surface area (Å²) in [5.74, 6) is 0.262. The lowest BCUT2D eigenvalue weighted by Crippen LogP contribution is -2.34. The Kier molecular flexibility index (Phi) is 7.73. The maximum atomic E-state index is 12.5. The highest BCUT2D eigenvalue weighted by molar-refractivity contribution is 8.03. The van der Waals surface area contributed by atoms with E-state index in [4.69, 9.17) is 4.42 Å². The number of anilines is 1. The first kappa shape index (κ1) is 32.8. The molecule has 5 aromatic carbocycles. The summed E-state index contributed by atoms with van der Waals surface area (Å²) in [5.41, 5.74) is 7.09. The predicted molar refractivity (Wildman–Crippen MR) is 212 cm³/mol. The minimum absolute atomic E-state index is 0.0473. The molecule has 7 aromatic rings. The molecule has 0 atom stereocenters. The van der Waals surface area contributed by atoms with Gasteiger partial charge in [-0.1, -0.05) is 92.3 Å². The number of hydrogen-bond acceptors (Lipinski definition) is 5. The first-order valence-electron chi connectivity index (χ1n) is 17.5. The minimum Gasteiger partial charge on any atom is -0.398 e. The van der Waals surface area contributed by atoms with Crippen molar-refractivity contribution in [3.05, 3.63) is 137 Å². The molecule has 9 heteroatoms. The van der Waals surface area contributed by atoms with Crippen molar-refractivity contribution in [1.82, 2.24) is 4.57 Å². The van der Waals surface area contributed by atoms with Gasteiger partial charge in [-0.15, -0.1) is 0 Å². The quantitative estimate of drug-likeness (QED) is 0.105. The van der Waals surface area contributed by atoms with E-state index in [2.05, 4.69) is 139 Å². The summed E-state index contributed by atoms with van der Waals surface area (Å²) < 4.78 is 46.0. The molecule has 0 saturated heterocycles. The van der Waals surface area contributed by atoms with Crippen LogP contribution in [-0.2, 0) is 16.7 Å². The highest BCUT2D eigenvalue weighted by Crippen LogP contribution is 2.51. The Labute approximate surface area is 306 Å². The van der Waals surface area contributed by atoms with Gasteiger partial charge < -0.3 is 13.9 Å². The molecule has 0 unspecified atom stereocenters. The zero-order valence-electron chi connectivity index (χ0n) is 29.2. The van der Waals surface area contributed by atoms with Crippen LogP contribution in [0, 0.1) is 5.41 Å². The average molecular weight is 725 g/mol. The normalized spacial score (nSPS) is 17.6. The number of benzene rings is 5. The fraction of sp³-hybridized carbons (Fsp3) is 0.186. The molecule has 3 heterocycles. The highest BCUT2D eigenvalue weighted by Gasteiger charge is 2.33. The standard InChI is InChI=1S/C43H37N3O4S2/c1-4-44-37-24-32(45-20-19-31-10-6-8-12-36(31)45)14-17-38(37)50-40(44)22-28-21-29(26-43(2,3)25-28)23-41-46(27-52(47,48)49)42-35-15-13-30-9-5-7-11-33(30)34(35)16-18-39(42)51-41/h5-24H,4,25-27H2,1-3H3/p+1. The number of aryl methyl sites for hydroxylation is 1. The van der Waals surface area contributed by atoms with Gasteiger partial charge in [0, 0.05) is 22.5 Å². The largest absolute Gasteiger partial charge is 0.398 e. The van der Waals surface area contributed by atoms with Crippen molar-refractivity contribution in [2.75, 3.05) is 10.8 Å². The second kappa shape index (κ2) is 12.3. The van der Waals surface area contributed by atoms with Gasteiger partial charge in [0.15, 0.2) is 5.88 Å². The topological polar surface area (TPSA) is 79.6 Å². The van der Waals surface area contributed by atoms with Gasteiger partial charge in [-0.05, 0) is 94.3 Å². The number of oxazole rings is 1. The van der Waals surface area contributed by atoms with E-state index in [0.717, 1.165) is 95.9 Å². The molecule has 2 aromatic heterocycles. The SMILES string of the molecule is CC[n+]1c(/C=C2C=C(/C=C3\Sc4ccc5c(ccc6ccccc65)c4N3CS(=O)(=O)O)CC(C)(C)C/2)oc2ccc(-n3ccc4ccccc43)cc21. The van der Waals surface area contributed by atoms with Crippen LogP contribution in [0.25, 0.3) is 55.3 Å². The fourth-order valence-electron chi connectivity index (χ4n) is 8.08. The smallest absolute Gasteiger partial charge is 0.374 e. The third-order valence-corrected chi connectivity index (χ3v) is 11.8. The zero-order chi connectivity index (χ0) is 35.8. The van der Waals surface area contributed by atoms with E-state index in [0.29, 0.717) is 0 Å². The summed E-state index contributed by atoms with van der Waals surface area (Å²) in [7, 11) is -4.33. The molecular formula is C43H38N3O4S2+. The van der Waals surface area contributed by atoms with Crippen LogP contribution >= 0.6 is 11.8 Å². The van der Waals surface area contributed by atoms with E-state index >= 15 is 0 Å². The Morgan fingerprint density at radius 2 is 1.67 bits per heavy atom. The minimum atomic E-state index is -4.33. The monoisotopic (exact) mass is 724 g/mol. The molecule has 0 amide bonds. The molecule has 1 N–H and O–H groups in total. The second-order valence-electron chi connectivity index (χ2n) is 14.6. The van der Waals surface area contributed by atoms with Gasteiger partial charge in [0.05, 0.1) is 28.0 Å². The molecule has 0 radical (unpaired) electrons. The molecule has 7 nitrogen and oxygen atoms in total. The van der Waals surface area contributed by atoms with Crippen molar-refractivity contribution in [3.63, 3.8) is 0 Å². The number of aromatic nitrogens is 2. The zero-order valence-corrected chi connectivity index (χ0v) is 30.8. The number of hydrogen-bond donors (Lipinski definition) is 1. The van der Waals surface area contributed by atoms with Gasteiger partial charge in [-0.3, -0.25) is 4.55 Å². The van der Waals surface area contributed by atoms with Gasteiger partial charge in [-0.25, -0.2) is 0 Å². The van der Waals surface area contributed by atoms with Crippen molar-refractivity contribution < 1.29 is 22.0 Å². The van der Waals surface area contributed by atoms with Crippen LogP contribution in [0.1, 0.15) is 39.5 Å². The first-order chi connectivity index (χ1) is 25.0. The van der Waals surface area contributed by atoms with E-state index in [1.54, 1.807) is 16.7 Å². The molecule has 0 saturated carbocycles. The summed E-state index contributed by atoms with van der Waals surface area (Å²) in [4.78, 5) is 2.72. The van der Waals surface area contributed by atoms with Crippen molar-refractivity contribution in [2.24, 2.45) is 5.41 Å². The van der Waals surface area contributed by atoms with Gasteiger partial charge in [-0.2, -0.15) is 13.0 Å². The van der Waals surface area contributed by atoms with E-state index in [9.17, 15) is 13.0 Å². The van der Waals surface area contributed by atoms with Gasteiger partial charge in [0.1, 0.15) is 6.54 Å². The summed E-state index contributed by atoms with van der Waals surface area (Å²) in [6.07, 6.45) is 10.2. The Morgan fingerprint density at radius 3 is 2.50 bits per heavy atom. The van der Waals surface area contributed by atoms with Crippen molar-refractivity contribution in [2.45, 2.75) is 45.1 Å². The number of allylic oxidation sites excluding steroid dienone is 4. The lowest BCUT2D eigenvalue weighted by Gasteiger charge is -2.30. The van der Waals surface area contributed by atoms with Crippen LogP contribution in [0.4, 0.5) is 5.69 Å². The molecule has 9 rings (SSSR count). The molecule has 1 aliphatic heterocycles. The molecule has 0 spiro atoms. The van der Waals surface area contributed by atoms with Gasteiger partial charge in [0.2, 0.25) is 5.58 Å². The molecule has 0 fully saturated rings. The third kappa shape index (κ3) is 5.83. The number of para-hydroxylation sites is 1. The summed E-state index contributed by atoms with van der Waals surface area (Å²) in [6, 6.07) is 33.4. The van der Waals surface area contributed by atoms with Crippen molar-refractivity contribution in [1.29, 1.82) is 0 Å². The second-order valence-corrected chi connectivity index (χ2v) is 17.0. The van der Waals surface area contributed by atoms with Crippen molar-refractivity contribution >= 4 is 77.2 Å². The Hall–Kier alpha value is -5.09. The van der Waals surface area contributed by atoms with E-state index in [-0.39, 0.29) is 5.41 Å². The Balaban J connectivity index is 1.12. The average Bonchev–Trinajstić information content (AvgIpc) is 3.79. The fourth-order valence-corrected chi connectivity index (χ4v) is 9.91. The number of thioether (sulfide) groups is 1. The maximum absolute atomic E-state index is 12.5. The lowest BCUT2D eigenvalue weighted by molar-refractivity contribution is -0.674. The molecule has 0 bridgehead atoms. The lowest BCUT2D eigenvalue weighted by atomic mass is 9.75. The molecule has 52 heavy (non-hydrogen) atoms. The molecule has 2 aliphatic rings. The summed E-state index contributed by atoms with van der Waals surface area (Å²) in [5, 5.41) is 6.20. The number of rotatable bonds is 6. The van der Waals surface area contributed by atoms with Crippen molar-refractivity contribution in [3.8, 4) is 5.69 Å². The van der Waals surface area contributed by atoms with Crippen LogP contribution in [0.15, 0.2) is 141 Å². The van der Waals surface area contributed by atoms with Crippen LogP contribution in [-0.4, -0.2) is 23.4 Å². The maximum Gasteiger partial charge on any atom is 0.374 e. The Morgan fingerprint density at radius 1 is 0.885 bits per heavy atom. The summed E-state index contributed by atoms with van der Waals surface area (Å²) in [6.45, 7) is 7.40. The number of fused-ring (bicyclic) bond motifs is 7. The first-order valence-corrected chi connectivity index (χ1v) is 20.0. The van der Waals surface area contributed by atoms with Crippen LogP contribution in [0.3, 0.4) is 0 Å². The molecular weight excluding hydrogens is 687 g/mol. The van der Waals surface area contributed by atoms with E-state index < -0.39 is 16.0 Å². The molecule has 260 valence electrons.